The fourth-order valence-corrected chi connectivity index (χ4v) is 4.13. The maximum atomic E-state index is 13.3. The van der Waals surface area contributed by atoms with Crippen LogP contribution < -0.4 is 10.3 Å². The van der Waals surface area contributed by atoms with Crippen LogP contribution in [0.4, 0.5) is 0 Å². The molecule has 1 heterocycles. The molecule has 5 heteroatoms. The Balaban J connectivity index is 1.78. The van der Waals surface area contributed by atoms with Crippen molar-refractivity contribution in [1.82, 2.24) is 9.55 Å². The molecular weight excluding hydrogens is 368 g/mol. The van der Waals surface area contributed by atoms with Crippen LogP contribution >= 0.6 is 11.8 Å². The molecule has 4 rings (SSSR count). The van der Waals surface area contributed by atoms with Gasteiger partial charge in [-0.1, -0.05) is 66.4 Å². The number of ether oxygens (including phenoxy) is 1. The van der Waals surface area contributed by atoms with Crippen molar-refractivity contribution < 1.29 is 4.74 Å². The number of hydrogen-bond acceptors (Lipinski definition) is 4. The fourth-order valence-electron chi connectivity index (χ4n) is 3.14. The highest BCUT2D eigenvalue weighted by Gasteiger charge is 2.16. The van der Waals surface area contributed by atoms with Crippen LogP contribution in [0.15, 0.2) is 88.8 Å². The van der Waals surface area contributed by atoms with Crippen LogP contribution in [0.2, 0.25) is 0 Å². The molecule has 0 amide bonds. The summed E-state index contributed by atoms with van der Waals surface area (Å²) in [5.74, 6) is 1.47. The first kappa shape index (κ1) is 18.3. The Kier molecular flexibility index (Phi) is 5.44. The molecule has 0 spiro atoms. The second kappa shape index (κ2) is 8.31. The molecule has 4 nitrogen and oxygen atoms in total. The van der Waals surface area contributed by atoms with Crippen molar-refractivity contribution in [3.63, 3.8) is 0 Å². The summed E-state index contributed by atoms with van der Waals surface area (Å²) in [7, 11) is 1.61. The van der Waals surface area contributed by atoms with Gasteiger partial charge in [-0.05, 0) is 36.2 Å². The van der Waals surface area contributed by atoms with E-state index >= 15 is 0 Å². The lowest BCUT2D eigenvalue weighted by atomic mass is 10.2. The summed E-state index contributed by atoms with van der Waals surface area (Å²) >= 11 is 1.58. The van der Waals surface area contributed by atoms with Crippen molar-refractivity contribution >= 4 is 22.7 Å². The van der Waals surface area contributed by atoms with Crippen LogP contribution in [-0.2, 0) is 6.42 Å². The summed E-state index contributed by atoms with van der Waals surface area (Å²) in [6.45, 7) is 0. The van der Waals surface area contributed by atoms with Gasteiger partial charge in [0, 0.05) is 5.75 Å². The largest absolute Gasteiger partial charge is 0.495 e. The smallest absolute Gasteiger partial charge is 0.266 e. The highest BCUT2D eigenvalue weighted by molar-refractivity contribution is 7.99. The second-order valence-corrected chi connectivity index (χ2v) is 7.37. The molecule has 0 atom stereocenters. The van der Waals surface area contributed by atoms with E-state index in [0.717, 1.165) is 12.2 Å². The fraction of sp³-hybridized carbons (Fsp3) is 0.130. The Morgan fingerprint density at radius 3 is 2.46 bits per heavy atom. The molecule has 0 aliphatic heterocycles. The van der Waals surface area contributed by atoms with E-state index in [1.165, 1.54) is 5.56 Å². The van der Waals surface area contributed by atoms with Crippen LogP contribution in [0.5, 0.6) is 5.75 Å². The van der Waals surface area contributed by atoms with Crippen molar-refractivity contribution in [2.24, 2.45) is 0 Å². The van der Waals surface area contributed by atoms with Crippen LogP contribution in [0.25, 0.3) is 16.6 Å². The standard InChI is InChI=1S/C23H20N2O2S/c1-27-21-14-8-7-13-20(21)25-22(26)18-11-5-6-12-19(18)24-23(25)28-16-15-17-9-3-2-4-10-17/h2-14H,15-16H2,1H3. The SMILES string of the molecule is COc1ccccc1-n1c(SCCc2ccccc2)nc2ccccc2c1=O. The maximum Gasteiger partial charge on any atom is 0.266 e. The predicted molar refractivity (Wildman–Crippen MR) is 115 cm³/mol. The Morgan fingerprint density at radius 2 is 1.64 bits per heavy atom. The van der Waals surface area contributed by atoms with E-state index in [1.807, 2.05) is 66.7 Å². The van der Waals surface area contributed by atoms with Crippen molar-refractivity contribution in [3.8, 4) is 11.4 Å². The summed E-state index contributed by atoms with van der Waals surface area (Å²) in [5.41, 5.74) is 2.59. The number of rotatable bonds is 6. The first-order chi connectivity index (χ1) is 13.8. The average Bonchev–Trinajstić information content (AvgIpc) is 2.75. The quantitative estimate of drug-likeness (QED) is 0.354. The molecule has 3 aromatic carbocycles. The van der Waals surface area contributed by atoms with Gasteiger partial charge in [-0.25, -0.2) is 4.98 Å². The number of methoxy groups -OCH3 is 1. The molecule has 0 unspecified atom stereocenters. The van der Waals surface area contributed by atoms with Gasteiger partial charge in [-0.2, -0.15) is 0 Å². The number of hydrogen-bond donors (Lipinski definition) is 0. The molecule has 140 valence electrons. The zero-order valence-corrected chi connectivity index (χ0v) is 16.4. The van der Waals surface area contributed by atoms with Crippen molar-refractivity contribution in [2.75, 3.05) is 12.9 Å². The summed E-state index contributed by atoms with van der Waals surface area (Å²) in [6, 6.07) is 25.3. The van der Waals surface area contributed by atoms with Gasteiger partial charge in [0.05, 0.1) is 23.7 Å². The number of para-hydroxylation sites is 3. The van der Waals surface area contributed by atoms with Crippen molar-refractivity contribution in [1.29, 1.82) is 0 Å². The lowest BCUT2D eigenvalue weighted by molar-refractivity contribution is 0.411. The number of aromatic nitrogens is 2. The van der Waals surface area contributed by atoms with E-state index in [9.17, 15) is 4.79 Å². The number of fused-ring (bicyclic) bond motifs is 1. The Labute approximate surface area is 167 Å². The summed E-state index contributed by atoms with van der Waals surface area (Å²) in [5, 5.41) is 1.27. The first-order valence-electron chi connectivity index (χ1n) is 9.10. The van der Waals surface area contributed by atoms with Gasteiger partial charge >= 0.3 is 0 Å². The topological polar surface area (TPSA) is 44.1 Å². The van der Waals surface area contributed by atoms with Crippen LogP contribution in [0.3, 0.4) is 0 Å². The third-order valence-electron chi connectivity index (χ3n) is 4.54. The maximum absolute atomic E-state index is 13.3. The molecule has 1 aromatic heterocycles. The molecular formula is C23H20N2O2S. The van der Waals surface area contributed by atoms with E-state index < -0.39 is 0 Å². The minimum atomic E-state index is -0.0858. The molecule has 28 heavy (non-hydrogen) atoms. The van der Waals surface area contributed by atoms with E-state index in [-0.39, 0.29) is 5.56 Å². The number of nitrogens with zero attached hydrogens (tertiary/aromatic N) is 2. The van der Waals surface area contributed by atoms with E-state index in [4.69, 9.17) is 9.72 Å². The molecule has 0 bridgehead atoms. The Bertz CT molecular complexity index is 1160. The minimum Gasteiger partial charge on any atom is -0.495 e. The Morgan fingerprint density at radius 1 is 0.929 bits per heavy atom. The normalized spacial score (nSPS) is 10.9. The van der Waals surface area contributed by atoms with E-state index in [2.05, 4.69) is 12.1 Å². The average molecular weight is 388 g/mol. The molecule has 4 aromatic rings. The zero-order chi connectivity index (χ0) is 19.3. The molecule has 0 saturated carbocycles. The summed E-state index contributed by atoms with van der Waals surface area (Å²) in [6.07, 6.45) is 0.903. The van der Waals surface area contributed by atoms with Gasteiger partial charge < -0.3 is 4.74 Å². The third kappa shape index (κ3) is 3.66. The molecule has 0 fully saturated rings. The second-order valence-electron chi connectivity index (χ2n) is 6.31. The lowest BCUT2D eigenvalue weighted by Crippen LogP contribution is -2.22. The monoisotopic (exact) mass is 388 g/mol. The molecule has 0 radical (unpaired) electrons. The van der Waals surface area contributed by atoms with Gasteiger partial charge in [0.2, 0.25) is 0 Å². The van der Waals surface area contributed by atoms with E-state index in [0.29, 0.717) is 27.5 Å². The highest BCUT2D eigenvalue weighted by Crippen LogP contribution is 2.27. The molecule has 0 aliphatic rings. The van der Waals surface area contributed by atoms with Crippen LogP contribution in [-0.4, -0.2) is 22.4 Å². The summed E-state index contributed by atoms with van der Waals surface area (Å²) in [4.78, 5) is 18.1. The number of benzene rings is 3. The third-order valence-corrected chi connectivity index (χ3v) is 5.48. The highest BCUT2D eigenvalue weighted by atomic mass is 32.2. The van der Waals surface area contributed by atoms with Gasteiger partial charge in [0.1, 0.15) is 5.75 Å². The molecule has 0 saturated heterocycles. The van der Waals surface area contributed by atoms with Crippen molar-refractivity contribution in [3.05, 3.63) is 94.8 Å². The number of aryl methyl sites for hydroxylation is 1. The number of thioether (sulfide) groups is 1. The lowest BCUT2D eigenvalue weighted by Gasteiger charge is -2.15. The van der Waals surface area contributed by atoms with Gasteiger partial charge in [-0.15, -0.1) is 0 Å². The Hall–Kier alpha value is -3.05. The molecule has 0 aliphatic carbocycles. The summed E-state index contributed by atoms with van der Waals surface area (Å²) < 4.78 is 7.16. The predicted octanol–water partition coefficient (Wildman–Crippen LogP) is 4.73. The van der Waals surface area contributed by atoms with Gasteiger partial charge in [0.15, 0.2) is 5.16 Å². The van der Waals surface area contributed by atoms with Crippen LogP contribution in [0.1, 0.15) is 5.56 Å². The zero-order valence-electron chi connectivity index (χ0n) is 15.5. The van der Waals surface area contributed by atoms with Crippen LogP contribution in [0, 0.1) is 0 Å². The van der Waals surface area contributed by atoms with Gasteiger partial charge in [-0.3, -0.25) is 9.36 Å². The van der Waals surface area contributed by atoms with Crippen molar-refractivity contribution in [2.45, 2.75) is 11.6 Å². The molecule has 0 N–H and O–H groups in total. The van der Waals surface area contributed by atoms with Gasteiger partial charge in [0.25, 0.3) is 5.56 Å². The van der Waals surface area contributed by atoms with E-state index in [1.54, 1.807) is 23.4 Å². The minimum absolute atomic E-state index is 0.0858. The first-order valence-corrected chi connectivity index (χ1v) is 10.1.